The second-order valence-corrected chi connectivity index (χ2v) is 4.95. The van der Waals surface area contributed by atoms with Gasteiger partial charge >= 0.3 is 5.97 Å². The minimum absolute atomic E-state index is 0.246. The molecule has 0 saturated heterocycles. The lowest BCUT2D eigenvalue weighted by atomic mass is 9.83. The molecule has 3 nitrogen and oxygen atoms in total. The van der Waals surface area contributed by atoms with Gasteiger partial charge in [-0.1, -0.05) is 13.8 Å². The first-order valence-corrected chi connectivity index (χ1v) is 5.89. The maximum absolute atomic E-state index is 10.7. The van der Waals surface area contributed by atoms with E-state index >= 15 is 0 Å². The smallest absolute Gasteiger partial charge is 0.303 e. The number of carboxylic acid groups (broad SMARTS) is 1. The van der Waals surface area contributed by atoms with E-state index in [0.717, 1.165) is 25.0 Å². The zero-order valence-corrected chi connectivity index (χ0v) is 9.82. The van der Waals surface area contributed by atoms with Gasteiger partial charge in [-0.3, -0.25) is 4.79 Å². The Kier molecular flexibility index (Phi) is 3.03. The normalized spacial score (nSPS) is 19.8. The van der Waals surface area contributed by atoms with Crippen molar-refractivity contribution in [3.05, 3.63) is 23.2 Å². The molecule has 1 heterocycles. The fourth-order valence-electron chi connectivity index (χ4n) is 2.51. The van der Waals surface area contributed by atoms with E-state index in [1.54, 1.807) is 0 Å². The van der Waals surface area contributed by atoms with Crippen LogP contribution in [0.2, 0.25) is 0 Å². The van der Waals surface area contributed by atoms with E-state index in [1.165, 1.54) is 11.1 Å². The summed E-state index contributed by atoms with van der Waals surface area (Å²) in [5, 5.41) is 8.78. The largest absolute Gasteiger partial charge is 0.481 e. The molecular weight excluding hydrogens is 204 g/mol. The number of hydrogen-bond donors (Lipinski definition) is 1. The summed E-state index contributed by atoms with van der Waals surface area (Å²) in [6.07, 6.45) is 4.83. The monoisotopic (exact) mass is 222 g/mol. The molecule has 1 aliphatic carbocycles. The summed E-state index contributed by atoms with van der Waals surface area (Å²) in [5.41, 5.74) is 2.63. The molecule has 1 unspecified atom stereocenters. The van der Waals surface area contributed by atoms with E-state index in [1.807, 2.05) is 6.26 Å². The summed E-state index contributed by atoms with van der Waals surface area (Å²) in [4.78, 5) is 10.7. The van der Waals surface area contributed by atoms with Crippen LogP contribution in [0.4, 0.5) is 0 Å². The van der Waals surface area contributed by atoms with Crippen molar-refractivity contribution >= 4 is 5.97 Å². The van der Waals surface area contributed by atoms with Gasteiger partial charge in [-0.15, -0.1) is 0 Å². The Morgan fingerprint density at radius 1 is 1.62 bits per heavy atom. The third kappa shape index (κ3) is 2.13. The standard InChI is InChI=1S/C13H18O3/c1-8(2)11-7-16-12-5-9(6-13(14)15)3-4-10(11)12/h7-9H,3-6H2,1-2H3,(H,14,15). The van der Waals surface area contributed by atoms with Gasteiger partial charge in [0.2, 0.25) is 0 Å². The Labute approximate surface area is 95.5 Å². The van der Waals surface area contributed by atoms with Crippen LogP contribution in [0.5, 0.6) is 0 Å². The molecule has 1 atom stereocenters. The molecule has 1 aliphatic rings. The summed E-state index contributed by atoms with van der Waals surface area (Å²) in [6.45, 7) is 4.32. The van der Waals surface area contributed by atoms with Gasteiger partial charge in [-0.2, -0.15) is 0 Å². The van der Waals surface area contributed by atoms with Crippen molar-refractivity contribution in [1.29, 1.82) is 0 Å². The number of hydrogen-bond acceptors (Lipinski definition) is 2. The molecule has 3 heteroatoms. The van der Waals surface area contributed by atoms with Crippen molar-refractivity contribution in [2.45, 2.75) is 45.4 Å². The predicted octanol–water partition coefficient (Wildman–Crippen LogP) is 2.98. The van der Waals surface area contributed by atoms with E-state index in [0.29, 0.717) is 5.92 Å². The second-order valence-electron chi connectivity index (χ2n) is 4.95. The van der Waals surface area contributed by atoms with E-state index in [-0.39, 0.29) is 12.3 Å². The SMILES string of the molecule is CC(C)c1coc2c1CCC(CC(=O)O)C2. The molecule has 0 saturated carbocycles. The molecule has 0 bridgehead atoms. The van der Waals surface area contributed by atoms with Crippen molar-refractivity contribution in [2.75, 3.05) is 0 Å². The number of carbonyl (C=O) groups is 1. The van der Waals surface area contributed by atoms with Gasteiger partial charge < -0.3 is 9.52 Å². The molecule has 1 aromatic rings. The lowest BCUT2D eigenvalue weighted by Gasteiger charge is -2.20. The van der Waals surface area contributed by atoms with Gasteiger partial charge in [-0.05, 0) is 35.8 Å². The minimum atomic E-state index is -0.705. The molecule has 0 spiro atoms. The number of aliphatic carboxylic acids is 1. The van der Waals surface area contributed by atoms with E-state index in [4.69, 9.17) is 9.52 Å². The van der Waals surface area contributed by atoms with Crippen LogP contribution in [0.25, 0.3) is 0 Å². The van der Waals surface area contributed by atoms with Gasteiger partial charge in [-0.25, -0.2) is 0 Å². The predicted molar refractivity (Wildman–Crippen MR) is 60.6 cm³/mol. The van der Waals surface area contributed by atoms with Gasteiger partial charge in [0, 0.05) is 12.8 Å². The van der Waals surface area contributed by atoms with Gasteiger partial charge in [0.25, 0.3) is 0 Å². The van der Waals surface area contributed by atoms with Crippen LogP contribution in [0.15, 0.2) is 10.7 Å². The third-order valence-corrected chi connectivity index (χ3v) is 3.38. The summed E-state index contributed by atoms with van der Waals surface area (Å²) >= 11 is 0. The highest BCUT2D eigenvalue weighted by Crippen LogP contribution is 2.34. The van der Waals surface area contributed by atoms with Crippen molar-refractivity contribution in [3.8, 4) is 0 Å². The Hall–Kier alpha value is -1.25. The van der Waals surface area contributed by atoms with Crippen LogP contribution in [0.1, 0.15) is 49.5 Å². The van der Waals surface area contributed by atoms with E-state index < -0.39 is 5.97 Å². The maximum atomic E-state index is 10.7. The lowest BCUT2D eigenvalue weighted by Crippen LogP contribution is -2.17. The second kappa shape index (κ2) is 4.32. The highest BCUT2D eigenvalue weighted by Gasteiger charge is 2.26. The molecule has 1 N–H and O–H groups in total. The molecule has 0 aromatic carbocycles. The maximum Gasteiger partial charge on any atom is 0.303 e. The van der Waals surface area contributed by atoms with Crippen LogP contribution in [0, 0.1) is 5.92 Å². The first-order chi connectivity index (χ1) is 7.58. The average Bonchev–Trinajstić information content (AvgIpc) is 2.59. The van der Waals surface area contributed by atoms with E-state index in [2.05, 4.69) is 13.8 Å². The first kappa shape index (κ1) is 11.2. The Morgan fingerprint density at radius 3 is 3.00 bits per heavy atom. The number of carboxylic acids is 1. The highest BCUT2D eigenvalue weighted by atomic mass is 16.4. The minimum Gasteiger partial charge on any atom is -0.481 e. The summed E-state index contributed by atoms with van der Waals surface area (Å²) in [5.74, 6) is 1.05. The first-order valence-electron chi connectivity index (χ1n) is 5.89. The molecule has 88 valence electrons. The number of rotatable bonds is 3. The van der Waals surface area contributed by atoms with Gasteiger partial charge in [0.15, 0.2) is 0 Å². The quantitative estimate of drug-likeness (QED) is 0.855. The van der Waals surface area contributed by atoms with Crippen molar-refractivity contribution in [2.24, 2.45) is 5.92 Å². The molecule has 0 aliphatic heterocycles. The molecule has 0 radical (unpaired) electrons. The zero-order valence-electron chi connectivity index (χ0n) is 9.82. The Bertz CT molecular complexity index is 390. The van der Waals surface area contributed by atoms with Crippen LogP contribution < -0.4 is 0 Å². The number of fused-ring (bicyclic) bond motifs is 1. The third-order valence-electron chi connectivity index (χ3n) is 3.38. The van der Waals surface area contributed by atoms with Gasteiger partial charge in [0.1, 0.15) is 5.76 Å². The van der Waals surface area contributed by atoms with Gasteiger partial charge in [0.05, 0.1) is 6.26 Å². The average molecular weight is 222 g/mol. The molecule has 2 rings (SSSR count). The zero-order chi connectivity index (χ0) is 11.7. The van der Waals surface area contributed by atoms with Crippen LogP contribution in [0.3, 0.4) is 0 Å². The Balaban J connectivity index is 2.13. The molecule has 0 fully saturated rings. The van der Waals surface area contributed by atoms with Crippen molar-refractivity contribution < 1.29 is 14.3 Å². The van der Waals surface area contributed by atoms with Crippen LogP contribution in [-0.4, -0.2) is 11.1 Å². The topological polar surface area (TPSA) is 50.4 Å². The fraction of sp³-hybridized carbons (Fsp3) is 0.615. The highest BCUT2D eigenvalue weighted by molar-refractivity contribution is 5.67. The summed E-state index contributed by atoms with van der Waals surface area (Å²) < 4.78 is 5.57. The lowest BCUT2D eigenvalue weighted by molar-refractivity contribution is -0.138. The number of furan rings is 1. The molecule has 0 amide bonds. The Morgan fingerprint density at radius 2 is 2.38 bits per heavy atom. The summed E-state index contributed by atoms with van der Waals surface area (Å²) in [7, 11) is 0. The summed E-state index contributed by atoms with van der Waals surface area (Å²) in [6, 6.07) is 0. The van der Waals surface area contributed by atoms with Crippen LogP contribution in [-0.2, 0) is 17.6 Å². The van der Waals surface area contributed by atoms with Crippen molar-refractivity contribution in [3.63, 3.8) is 0 Å². The molecule has 1 aromatic heterocycles. The molecule has 16 heavy (non-hydrogen) atoms. The van der Waals surface area contributed by atoms with E-state index in [9.17, 15) is 4.79 Å². The van der Waals surface area contributed by atoms with Crippen molar-refractivity contribution in [1.82, 2.24) is 0 Å². The molecular formula is C13H18O3. The fourth-order valence-corrected chi connectivity index (χ4v) is 2.51. The van der Waals surface area contributed by atoms with Crippen LogP contribution >= 0.6 is 0 Å².